The number of nitrogens with zero attached hydrogens (tertiary/aromatic N) is 1. The summed E-state index contributed by atoms with van der Waals surface area (Å²) in [5, 5.41) is 4.50. The van der Waals surface area contributed by atoms with Gasteiger partial charge in [0.05, 0.1) is 14.2 Å². The van der Waals surface area contributed by atoms with Crippen molar-refractivity contribution in [3.8, 4) is 5.75 Å². The van der Waals surface area contributed by atoms with E-state index >= 15 is 0 Å². The molecule has 1 aromatic heterocycles. The van der Waals surface area contributed by atoms with Gasteiger partial charge in [0.15, 0.2) is 9.96 Å². The quantitative estimate of drug-likeness (QED) is 0.556. The minimum Gasteiger partial charge on any atom is -0.494 e. The van der Waals surface area contributed by atoms with Gasteiger partial charge in [0.2, 0.25) is 5.91 Å². The molecule has 1 N–H and O–H groups in total. The lowest BCUT2D eigenvalue weighted by Gasteiger charge is -2.20. The second-order valence-corrected chi connectivity index (χ2v) is 11.3. The van der Waals surface area contributed by atoms with Gasteiger partial charge in [-0.1, -0.05) is 47.0 Å². The molecule has 1 saturated heterocycles. The Hall–Kier alpha value is -1.65. The molecule has 0 bridgehead atoms. The van der Waals surface area contributed by atoms with Crippen LogP contribution in [0.15, 0.2) is 9.59 Å². The summed E-state index contributed by atoms with van der Waals surface area (Å²) in [6, 6.07) is 0. The van der Waals surface area contributed by atoms with E-state index in [4.69, 9.17) is 9.47 Å². The van der Waals surface area contributed by atoms with Crippen LogP contribution in [0.25, 0.3) is 0 Å². The van der Waals surface area contributed by atoms with Crippen molar-refractivity contribution in [2.75, 3.05) is 33.9 Å². The zero-order valence-corrected chi connectivity index (χ0v) is 19.9. The van der Waals surface area contributed by atoms with Gasteiger partial charge in [0, 0.05) is 30.9 Å². The number of hydrogen-bond acceptors (Lipinski definition) is 7. The van der Waals surface area contributed by atoms with E-state index in [1.165, 1.54) is 43.2 Å². The van der Waals surface area contributed by atoms with E-state index in [0.717, 1.165) is 37.0 Å². The van der Waals surface area contributed by atoms with E-state index in [0.29, 0.717) is 26.1 Å². The SMILES string of the molecule is C.C.COC(=O)c1csc(S(=O)(=O)N2CCC(CNC(=O)C3CCCCCCC3)C2)c1OC. The maximum Gasteiger partial charge on any atom is 0.342 e. The summed E-state index contributed by atoms with van der Waals surface area (Å²) in [5.74, 6) is -0.360. The van der Waals surface area contributed by atoms with Gasteiger partial charge in [0.25, 0.3) is 10.0 Å². The molecular weight excluding hydrogens is 464 g/mol. The molecule has 2 heterocycles. The van der Waals surface area contributed by atoms with Crippen molar-refractivity contribution in [1.82, 2.24) is 9.62 Å². The van der Waals surface area contributed by atoms with Crippen molar-refractivity contribution in [3.63, 3.8) is 0 Å². The van der Waals surface area contributed by atoms with Gasteiger partial charge in [-0.25, -0.2) is 13.2 Å². The fourth-order valence-corrected chi connectivity index (χ4v) is 7.45. The minimum absolute atomic E-state index is 0. The molecule has 0 aromatic carbocycles. The number of methoxy groups -OCH3 is 2. The molecule has 1 saturated carbocycles. The Bertz CT molecular complexity index is 876. The van der Waals surface area contributed by atoms with Crippen LogP contribution in [0, 0.1) is 11.8 Å². The Morgan fingerprint density at radius 2 is 1.73 bits per heavy atom. The number of sulfonamides is 1. The first-order chi connectivity index (χ1) is 14.9. The number of amides is 1. The smallest absolute Gasteiger partial charge is 0.342 e. The molecule has 1 aliphatic heterocycles. The average Bonchev–Trinajstić information content (AvgIpc) is 3.39. The number of esters is 1. The number of carbonyl (C=O) groups excluding carboxylic acids is 2. The Labute approximate surface area is 203 Å². The van der Waals surface area contributed by atoms with Crippen LogP contribution in [0.5, 0.6) is 5.75 Å². The molecule has 33 heavy (non-hydrogen) atoms. The molecule has 3 rings (SSSR count). The average molecular weight is 505 g/mol. The maximum atomic E-state index is 13.2. The third-order valence-electron chi connectivity index (χ3n) is 6.19. The zero-order chi connectivity index (χ0) is 22.4. The first kappa shape index (κ1) is 29.4. The molecule has 1 atom stereocenters. The first-order valence-corrected chi connectivity index (χ1v) is 13.2. The van der Waals surface area contributed by atoms with E-state index in [-0.39, 0.29) is 48.1 Å². The van der Waals surface area contributed by atoms with Gasteiger partial charge < -0.3 is 14.8 Å². The van der Waals surface area contributed by atoms with Gasteiger partial charge >= 0.3 is 5.97 Å². The Balaban J connectivity index is 0.00000272. The van der Waals surface area contributed by atoms with E-state index < -0.39 is 16.0 Å². The predicted octanol–water partition coefficient (Wildman–Crippen LogP) is 4.30. The molecule has 1 aromatic rings. The molecule has 2 fully saturated rings. The second-order valence-electron chi connectivity index (χ2n) is 8.27. The number of ether oxygens (including phenoxy) is 2. The van der Waals surface area contributed by atoms with Crippen molar-refractivity contribution < 1.29 is 27.5 Å². The molecule has 1 amide bonds. The van der Waals surface area contributed by atoms with Crippen molar-refractivity contribution in [2.45, 2.75) is 70.4 Å². The minimum atomic E-state index is -3.80. The highest BCUT2D eigenvalue weighted by molar-refractivity contribution is 7.91. The molecule has 0 spiro atoms. The van der Waals surface area contributed by atoms with Gasteiger partial charge in [-0.05, 0) is 25.2 Å². The second kappa shape index (κ2) is 13.3. The third-order valence-corrected chi connectivity index (χ3v) is 9.53. The number of rotatable bonds is 7. The maximum absolute atomic E-state index is 13.2. The molecule has 1 aliphatic carbocycles. The van der Waals surface area contributed by atoms with Crippen LogP contribution >= 0.6 is 11.3 Å². The molecule has 1 unspecified atom stereocenters. The van der Waals surface area contributed by atoms with Crippen LogP contribution in [0.3, 0.4) is 0 Å². The van der Waals surface area contributed by atoms with Crippen LogP contribution in [0.1, 0.15) is 76.6 Å². The fourth-order valence-electron chi connectivity index (χ4n) is 4.36. The van der Waals surface area contributed by atoms with Crippen LogP contribution < -0.4 is 10.1 Å². The Morgan fingerprint density at radius 1 is 1.09 bits per heavy atom. The summed E-state index contributed by atoms with van der Waals surface area (Å²) in [7, 11) is -1.22. The van der Waals surface area contributed by atoms with Gasteiger partial charge in [-0.2, -0.15) is 4.31 Å². The molecule has 2 aliphatic rings. The largest absolute Gasteiger partial charge is 0.494 e. The summed E-state index contributed by atoms with van der Waals surface area (Å²) in [4.78, 5) is 24.5. The van der Waals surface area contributed by atoms with Crippen LogP contribution in [-0.2, 0) is 19.6 Å². The van der Waals surface area contributed by atoms with Gasteiger partial charge in [-0.3, -0.25) is 4.79 Å². The summed E-state index contributed by atoms with van der Waals surface area (Å²) in [6.07, 6.45) is 8.42. The van der Waals surface area contributed by atoms with Crippen molar-refractivity contribution in [1.29, 1.82) is 0 Å². The topological polar surface area (TPSA) is 102 Å². The van der Waals surface area contributed by atoms with Gasteiger partial charge in [0.1, 0.15) is 5.56 Å². The van der Waals surface area contributed by atoms with Crippen molar-refractivity contribution in [2.24, 2.45) is 11.8 Å². The highest BCUT2D eigenvalue weighted by atomic mass is 32.2. The number of carbonyl (C=O) groups is 2. The normalized spacial score (nSPS) is 20.0. The summed E-state index contributed by atoms with van der Waals surface area (Å²) in [5.41, 5.74) is 0.107. The lowest BCUT2D eigenvalue weighted by molar-refractivity contribution is -0.125. The van der Waals surface area contributed by atoms with Crippen LogP contribution in [-0.4, -0.2) is 58.5 Å². The lowest BCUT2D eigenvalue weighted by atomic mass is 9.90. The predicted molar refractivity (Wildman–Crippen MR) is 131 cm³/mol. The van der Waals surface area contributed by atoms with Crippen LogP contribution in [0.2, 0.25) is 0 Å². The summed E-state index contributed by atoms with van der Waals surface area (Å²) < 4.78 is 37.7. The molecule has 0 radical (unpaired) electrons. The van der Waals surface area contributed by atoms with Crippen molar-refractivity contribution in [3.05, 3.63) is 10.9 Å². The Morgan fingerprint density at radius 3 is 2.33 bits per heavy atom. The zero-order valence-electron chi connectivity index (χ0n) is 18.2. The van der Waals surface area contributed by atoms with Gasteiger partial charge in [-0.15, -0.1) is 11.3 Å². The monoisotopic (exact) mass is 504 g/mol. The highest BCUT2D eigenvalue weighted by Gasteiger charge is 2.37. The van der Waals surface area contributed by atoms with E-state index in [1.54, 1.807) is 0 Å². The molecule has 10 heteroatoms. The lowest BCUT2D eigenvalue weighted by Crippen LogP contribution is -2.36. The standard InChI is InChI=1S/C21H32N2O6S2.2CH4/c1-28-18-17(20(25)29-2)14-30-21(18)31(26,27)23-11-10-15(13-23)12-22-19(24)16-8-6-4-3-5-7-9-16;;/h14-16H,3-13H2,1-2H3,(H,22,24);2*1H4. The Kier molecular flexibility index (Phi) is 11.8. The fraction of sp³-hybridized carbons (Fsp3) is 0.739. The third kappa shape index (κ3) is 6.93. The van der Waals surface area contributed by atoms with Crippen LogP contribution in [0.4, 0.5) is 0 Å². The van der Waals surface area contributed by atoms with E-state index in [1.807, 2.05) is 0 Å². The van der Waals surface area contributed by atoms with E-state index in [2.05, 4.69) is 5.32 Å². The van der Waals surface area contributed by atoms with E-state index in [9.17, 15) is 18.0 Å². The molecule has 190 valence electrons. The first-order valence-electron chi connectivity index (χ1n) is 10.9. The number of thiophene rings is 1. The molecular formula is C23H40N2O6S2. The summed E-state index contributed by atoms with van der Waals surface area (Å²) >= 11 is 0.955. The summed E-state index contributed by atoms with van der Waals surface area (Å²) in [6.45, 7) is 1.19. The molecule has 8 nitrogen and oxygen atoms in total. The number of hydrogen-bond donors (Lipinski definition) is 1. The van der Waals surface area contributed by atoms with Crippen molar-refractivity contribution >= 4 is 33.2 Å². The highest BCUT2D eigenvalue weighted by Crippen LogP contribution is 2.38. The number of nitrogens with one attached hydrogen (secondary N) is 1.